The first kappa shape index (κ1) is 21.2. The molecule has 3 aromatic carbocycles. The Balaban J connectivity index is 1.37. The SMILES string of the molecule is Cc1nc2c(C(=O)O)cc(-c3ccc(-c4cccc(OCC5CCNCC5)c4)cc3)cc2[nH]1. The summed E-state index contributed by atoms with van der Waals surface area (Å²) in [7, 11) is 0. The Labute approximate surface area is 192 Å². The van der Waals surface area contributed by atoms with Crippen LogP contribution in [-0.2, 0) is 0 Å². The van der Waals surface area contributed by atoms with E-state index in [4.69, 9.17) is 4.74 Å². The second-order valence-electron chi connectivity index (χ2n) is 8.66. The number of carboxylic acids is 1. The minimum atomic E-state index is -0.980. The fourth-order valence-electron chi connectivity index (χ4n) is 4.45. The third-order valence-electron chi connectivity index (χ3n) is 6.27. The maximum atomic E-state index is 11.8. The lowest BCUT2D eigenvalue weighted by molar-refractivity contribution is 0.0699. The van der Waals surface area contributed by atoms with Crippen LogP contribution in [0.5, 0.6) is 5.75 Å². The zero-order chi connectivity index (χ0) is 22.8. The second kappa shape index (κ2) is 9.08. The van der Waals surface area contributed by atoms with Gasteiger partial charge in [-0.15, -0.1) is 0 Å². The van der Waals surface area contributed by atoms with Crippen LogP contribution in [-0.4, -0.2) is 40.7 Å². The summed E-state index contributed by atoms with van der Waals surface area (Å²) in [6, 6.07) is 20.0. The third-order valence-corrected chi connectivity index (χ3v) is 6.27. The predicted octanol–water partition coefficient (Wildman–Crippen LogP) is 5.28. The van der Waals surface area contributed by atoms with Gasteiger partial charge in [-0.2, -0.15) is 0 Å². The van der Waals surface area contributed by atoms with Gasteiger partial charge in [0.2, 0.25) is 0 Å². The maximum absolute atomic E-state index is 11.8. The van der Waals surface area contributed by atoms with Crippen molar-refractivity contribution in [2.45, 2.75) is 19.8 Å². The minimum Gasteiger partial charge on any atom is -0.493 e. The first-order valence-electron chi connectivity index (χ1n) is 11.3. The van der Waals surface area contributed by atoms with Crippen LogP contribution in [0.2, 0.25) is 0 Å². The van der Waals surface area contributed by atoms with Crippen molar-refractivity contribution in [1.82, 2.24) is 15.3 Å². The number of hydrogen-bond donors (Lipinski definition) is 3. The molecule has 6 nitrogen and oxygen atoms in total. The molecule has 2 heterocycles. The Kier molecular flexibility index (Phi) is 5.84. The second-order valence-corrected chi connectivity index (χ2v) is 8.66. The normalized spacial score (nSPS) is 14.5. The number of carboxylic acid groups (broad SMARTS) is 1. The summed E-state index contributed by atoms with van der Waals surface area (Å²) in [5.74, 6) is 1.22. The molecular formula is C27H27N3O3. The molecule has 5 rings (SSSR count). The lowest BCUT2D eigenvalue weighted by atomic mass is 9.98. The topological polar surface area (TPSA) is 87.2 Å². The van der Waals surface area contributed by atoms with Gasteiger partial charge in [-0.1, -0.05) is 36.4 Å². The maximum Gasteiger partial charge on any atom is 0.337 e. The van der Waals surface area contributed by atoms with Crippen LogP contribution in [0, 0.1) is 12.8 Å². The number of fused-ring (bicyclic) bond motifs is 1. The van der Waals surface area contributed by atoms with Crippen LogP contribution in [0.25, 0.3) is 33.3 Å². The largest absolute Gasteiger partial charge is 0.493 e. The van der Waals surface area contributed by atoms with E-state index in [1.165, 1.54) is 0 Å². The Morgan fingerprint density at radius 2 is 1.73 bits per heavy atom. The van der Waals surface area contributed by atoms with E-state index in [1.54, 1.807) is 6.07 Å². The molecule has 1 aliphatic rings. The number of aromatic amines is 1. The summed E-state index contributed by atoms with van der Waals surface area (Å²) >= 11 is 0. The van der Waals surface area contributed by atoms with E-state index in [9.17, 15) is 9.90 Å². The standard InChI is InChI=1S/C27H27N3O3/c1-17-29-25-15-22(14-24(27(31)32)26(25)30-17)20-7-5-19(6-8-20)21-3-2-4-23(13-21)33-16-18-9-11-28-12-10-18/h2-8,13-15,18,28H,9-12,16H2,1H3,(H,29,30)(H,31,32). The third kappa shape index (κ3) is 4.61. The lowest BCUT2D eigenvalue weighted by Gasteiger charge is -2.22. The van der Waals surface area contributed by atoms with Gasteiger partial charge in [0, 0.05) is 0 Å². The number of piperidine rings is 1. The average molecular weight is 442 g/mol. The van der Waals surface area contributed by atoms with Gasteiger partial charge in [-0.05, 0) is 85.3 Å². The van der Waals surface area contributed by atoms with Crippen molar-refractivity contribution in [1.29, 1.82) is 0 Å². The van der Waals surface area contributed by atoms with Gasteiger partial charge < -0.3 is 20.1 Å². The fourth-order valence-corrected chi connectivity index (χ4v) is 4.45. The molecule has 4 aromatic rings. The van der Waals surface area contributed by atoms with Gasteiger partial charge in [0.05, 0.1) is 17.7 Å². The van der Waals surface area contributed by atoms with Crippen LogP contribution in [0.4, 0.5) is 0 Å². The molecule has 0 unspecified atom stereocenters. The molecule has 0 aliphatic carbocycles. The molecule has 0 radical (unpaired) electrons. The van der Waals surface area contributed by atoms with Crippen LogP contribution in [0.1, 0.15) is 29.0 Å². The van der Waals surface area contributed by atoms with Gasteiger partial charge in [0.25, 0.3) is 0 Å². The number of nitrogens with zero attached hydrogens (tertiary/aromatic N) is 1. The summed E-state index contributed by atoms with van der Waals surface area (Å²) in [5, 5.41) is 13.0. The molecular weight excluding hydrogens is 414 g/mol. The number of aromatic carboxylic acids is 1. The Hall–Kier alpha value is -3.64. The van der Waals surface area contributed by atoms with Crippen molar-refractivity contribution in [3.8, 4) is 28.0 Å². The predicted molar refractivity (Wildman–Crippen MR) is 130 cm³/mol. The summed E-state index contributed by atoms with van der Waals surface area (Å²) in [5.41, 5.74) is 5.39. The molecule has 1 saturated heterocycles. The number of hydrogen-bond acceptors (Lipinski definition) is 4. The first-order chi connectivity index (χ1) is 16.1. The molecule has 1 fully saturated rings. The highest BCUT2D eigenvalue weighted by Gasteiger charge is 2.15. The molecule has 168 valence electrons. The minimum absolute atomic E-state index is 0.203. The molecule has 6 heteroatoms. The monoisotopic (exact) mass is 441 g/mol. The Bertz CT molecular complexity index is 1290. The highest BCUT2D eigenvalue weighted by Crippen LogP contribution is 2.30. The van der Waals surface area contributed by atoms with E-state index >= 15 is 0 Å². The van der Waals surface area contributed by atoms with Crippen LogP contribution in [0.15, 0.2) is 60.7 Å². The van der Waals surface area contributed by atoms with E-state index < -0.39 is 5.97 Å². The number of ether oxygens (including phenoxy) is 1. The van der Waals surface area contributed by atoms with Gasteiger partial charge >= 0.3 is 5.97 Å². The van der Waals surface area contributed by atoms with Gasteiger partial charge in [-0.25, -0.2) is 9.78 Å². The number of benzene rings is 3. The summed E-state index contributed by atoms with van der Waals surface area (Å²) in [4.78, 5) is 19.2. The van der Waals surface area contributed by atoms with Crippen LogP contribution in [0.3, 0.4) is 0 Å². The van der Waals surface area contributed by atoms with Crippen molar-refractivity contribution >= 4 is 17.0 Å². The van der Waals surface area contributed by atoms with Crippen molar-refractivity contribution in [2.75, 3.05) is 19.7 Å². The molecule has 0 spiro atoms. The fraction of sp³-hybridized carbons (Fsp3) is 0.259. The molecule has 0 saturated carbocycles. The molecule has 0 atom stereocenters. The quantitative estimate of drug-likeness (QED) is 0.379. The summed E-state index contributed by atoms with van der Waals surface area (Å²) in [6.07, 6.45) is 2.32. The van der Waals surface area contributed by atoms with E-state index in [0.717, 1.165) is 66.1 Å². The first-order valence-corrected chi connectivity index (χ1v) is 11.3. The van der Waals surface area contributed by atoms with Crippen molar-refractivity contribution in [3.05, 3.63) is 72.1 Å². The number of rotatable bonds is 6. The van der Waals surface area contributed by atoms with E-state index in [1.807, 2.05) is 37.3 Å². The van der Waals surface area contributed by atoms with Gasteiger partial charge in [0.1, 0.15) is 17.1 Å². The Morgan fingerprint density at radius 3 is 2.45 bits per heavy atom. The van der Waals surface area contributed by atoms with E-state index in [0.29, 0.717) is 17.3 Å². The average Bonchev–Trinajstić information content (AvgIpc) is 3.23. The van der Waals surface area contributed by atoms with Crippen LogP contribution >= 0.6 is 0 Å². The molecule has 1 aromatic heterocycles. The highest BCUT2D eigenvalue weighted by molar-refractivity contribution is 6.03. The number of aromatic nitrogens is 2. The van der Waals surface area contributed by atoms with Gasteiger partial charge in [0.15, 0.2) is 0 Å². The number of nitrogens with one attached hydrogen (secondary N) is 2. The van der Waals surface area contributed by atoms with E-state index in [2.05, 4.69) is 39.6 Å². The molecule has 1 aliphatic heterocycles. The zero-order valence-electron chi connectivity index (χ0n) is 18.6. The lowest BCUT2D eigenvalue weighted by Crippen LogP contribution is -2.30. The Morgan fingerprint density at radius 1 is 1.00 bits per heavy atom. The van der Waals surface area contributed by atoms with Crippen molar-refractivity contribution in [2.24, 2.45) is 5.92 Å². The smallest absolute Gasteiger partial charge is 0.337 e. The number of H-pyrrole nitrogens is 1. The number of aryl methyl sites for hydroxylation is 1. The molecule has 33 heavy (non-hydrogen) atoms. The van der Waals surface area contributed by atoms with Crippen LogP contribution < -0.4 is 10.1 Å². The summed E-state index contributed by atoms with van der Waals surface area (Å²) < 4.78 is 6.09. The molecule has 0 amide bonds. The molecule has 0 bridgehead atoms. The number of carbonyl (C=O) groups is 1. The van der Waals surface area contributed by atoms with Gasteiger partial charge in [-0.3, -0.25) is 0 Å². The molecule has 3 N–H and O–H groups in total. The number of imidazole rings is 1. The van der Waals surface area contributed by atoms with Crippen molar-refractivity contribution < 1.29 is 14.6 Å². The summed E-state index contributed by atoms with van der Waals surface area (Å²) in [6.45, 7) is 4.72. The highest BCUT2D eigenvalue weighted by atomic mass is 16.5. The zero-order valence-corrected chi connectivity index (χ0v) is 18.6. The van der Waals surface area contributed by atoms with E-state index in [-0.39, 0.29) is 5.56 Å². The van der Waals surface area contributed by atoms with Crippen molar-refractivity contribution in [3.63, 3.8) is 0 Å².